The molecule has 0 spiro atoms. The molecule has 2 saturated carbocycles. The number of hydrogen-bond donors (Lipinski definition) is 9. The summed E-state index contributed by atoms with van der Waals surface area (Å²) in [7, 11) is 0. The van der Waals surface area contributed by atoms with E-state index in [1.54, 1.807) is 0 Å². The molecule has 4 rings (SSSR count). The van der Waals surface area contributed by atoms with Crippen LogP contribution in [0.2, 0.25) is 0 Å². The minimum atomic E-state index is -1.49. The zero-order valence-corrected chi connectivity index (χ0v) is 44.5. The van der Waals surface area contributed by atoms with Crippen LogP contribution in [0, 0.1) is 35.5 Å². The number of carbonyl (C=O) groups excluding carboxylic acids is 2. The summed E-state index contributed by atoms with van der Waals surface area (Å²) in [4.78, 5) is 46.3. The second kappa shape index (κ2) is 37.0. The van der Waals surface area contributed by atoms with E-state index >= 15 is 0 Å². The van der Waals surface area contributed by atoms with E-state index in [1.165, 1.54) is 89.9 Å². The number of ether oxygens (including phenoxy) is 3. The topological polar surface area (TPSA) is 278 Å². The van der Waals surface area contributed by atoms with Crippen LogP contribution in [0.5, 0.6) is 0 Å². The first-order chi connectivity index (χ1) is 34.0. The lowest BCUT2D eigenvalue weighted by Crippen LogP contribution is -2.62. The minimum Gasteiger partial charge on any atom is -0.480 e. The summed E-state index contributed by atoms with van der Waals surface area (Å²) >= 11 is 4.74. The van der Waals surface area contributed by atoms with Crippen LogP contribution < -0.4 is 0 Å². The maximum atomic E-state index is 13.3. The lowest BCUT2D eigenvalue weighted by molar-refractivity contribution is -0.245. The second-order valence-corrected chi connectivity index (χ2v) is 21.3. The van der Waals surface area contributed by atoms with Gasteiger partial charge in [0.05, 0.1) is 25.4 Å². The monoisotopic (exact) mass is 1040 g/mol. The summed E-state index contributed by atoms with van der Waals surface area (Å²) < 4.78 is 16.8. The third-order valence-corrected chi connectivity index (χ3v) is 15.7. The summed E-state index contributed by atoms with van der Waals surface area (Å²) in [5.74, 6) is -1.84. The Labute approximate surface area is 430 Å². The standard InChI is InChI=1S/C27H48O8.C25H46O6.C2H3ClO2/c1-3-5-7-9-11-13-19-15-21(28)20(14-18(19)12-10-8-6-4-2)27-26(33)25(32)24(31)22(35-27)16-34-17-23(29)30;1-3-5-7-9-11-13-18-15-20(27)19(14-17(18)12-10-8-6-4-2)25-24(30)23(29)22(28)21(16-26)31-25;3-1-2(4)5/h18-20,22,24-27,31-33H,3-17H2,1-2H3,(H,29,30);17-19,21-26,28-30H,3-16H2,1-2H3;1H2,(H,4,5). The molecule has 0 aromatic carbocycles. The van der Waals surface area contributed by atoms with Gasteiger partial charge in [0.2, 0.25) is 0 Å². The number of alkyl halides is 1. The zero-order valence-electron chi connectivity index (χ0n) is 43.7. The van der Waals surface area contributed by atoms with Crippen molar-refractivity contribution in [2.24, 2.45) is 35.5 Å². The first-order valence-corrected chi connectivity index (χ1v) is 28.2. The highest BCUT2D eigenvalue weighted by atomic mass is 35.5. The Bertz CT molecular complexity index is 1450. The summed E-state index contributed by atoms with van der Waals surface area (Å²) in [5.41, 5.74) is 0. The number of Topliss-reactive ketones (excluding diaryl/α,β-unsaturated/α-hetero) is 2. The lowest BCUT2D eigenvalue weighted by atomic mass is 9.67. The molecular formula is C54H97ClO16. The first-order valence-electron chi connectivity index (χ1n) is 27.6. The molecule has 0 bridgehead atoms. The van der Waals surface area contributed by atoms with Crippen molar-refractivity contribution in [2.75, 3.05) is 25.7 Å². The number of hydrogen-bond acceptors (Lipinski definition) is 14. The molecular weight excluding hydrogens is 940 g/mol. The molecule has 17 heteroatoms. The third kappa shape index (κ3) is 22.9. The SMILES string of the molecule is CCCCCCCC1CC(=O)C(C2OC(CO)C(O)C(O)C2O)CC1CCCCCC.CCCCCCCC1CC(=O)C(C2OC(COCC(=O)O)C(O)C(O)C2O)CC1CCCCCC.O=C(O)CCl. The van der Waals surface area contributed by atoms with Gasteiger partial charge in [-0.1, -0.05) is 156 Å². The molecule has 2 aliphatic carbocycles. The molecule has 0 aromatic rings. The number of aliphatic hydroxyl groups is 7. The first kappa shape index (κ1) is 65.3. The van der Waals surface area contributed by atoms with Gasteiger partial charge in [-0.3, -0.25) is 14.4 Å². The molecule has 2 saturated heterocycles. The Kier molecular flexibility index (Phi) is 34.0. The normalized spacial score (nSPS) is 33.1. The number of ketones is 2. The third-order valence-electron chi connectivity index (χ3n) is 15.5. The maximum absolute atomic E-state index is 13.3. The quantitative estimate of drug-likeness (QED) is 0.0255. The van der Waals surface area contributed by atoms with E-state index in [0.717, 1.165) is 51.4 Å². The van der Waals surface area contributed by atoms with Crippen molar-refractivity contribution in [3.05, 3.63) is 0 Å². The van der Waals surface area contributed by atoms with E-state index in [-0.39, 0.29) is 24.1 Å². The fourth-order valence-electron chi connectivity index (χ4n) is 11.3. The maximum Gasteiger partial charge on any atom is 0.329 e. The van der Waals surface area contributed by atoms with Gasteiger partial charge in [-0.05, 0) is 49.4 Å². The van der Waals surface area contributed by atoms with Crippen LogP contribution in [-0.4, -0.2) is 156 Å². The van der Waals surface area contributed by atoms with Crippen molar-refractivity contribution in [3.8, 4) is 0 Å². The molecule has 0 aromatic heterocycles. The van der Waals surface area contributed by atoms with Crippen molar-refractivity contribution < 1.29 is 79.3 Å². The average molecular weight is 1040 g/mol. The van der Waals surface area contributed by atoms with Crippen LogP contribution in [-0.2, 0) is 33.4 Å². The van der Waals surface area contributed by atoms with Crippen molar-refractivity contribution in [1.29, 1.82) is 0 Å². The van der Waals surface area contributed by atoms with E-state index < -0.39 is 98.0 Å². The van der Waals surface area contributed by atoms with Gasteiger partial charge in [-0.2, -0.15) is 0 Å². The molecule has 416 valence electrons. The van der Waals surface area contributed by atoms with Gasteiger partial charge in [0.25, 0.3) is 0 Å². The predicted molar refractivity (Wildman–Crippen MR) is 271 cm³/mol. The van der Waals surface area contributed by atoms with Crippen LogP contribution in [0.25, 0.3) is 0 Å². The molecule has 71 heavy (non-hydrogen) atoms. The Morgan fingerprint density at radius 3 is 1.20 bits per heavy atom. The highest BCUT2D eigenvalue weighted by Crippen LogP contribution is 2.44. The molecule has 9 N–H and O–H groups in total. The molecule has 16 nitrogen and oxygen atoms in total. The largest absolute Gasteiger partial charge is 0.480 e. The number of halogens is 1. The summed E-state index contributed by atoms with van der Waals surface area (Å²) in [6.45, 7) is 7.55. The summed E-state index contributed by atoms with van der Waals surface area (Å²) in [5, 5.41) is 88.2. The number of rotatable bonds is 30. The van der Waals surface area contributed by atoms with Gasteiger partial charge in [0.15, 0.2) is 0 Å². The fraction of sp³-hybridized carbons (Fsp3) is 0.926. The van der Waals surface area contributed by atoms with Gasteiger partial charge >= 0.3 is 11.9 Å². The van der Waals surface area contributed by atoms with E-state index in [0.29, 0.717) is 49.4 Å². The number of carboxylic acid groups (broad SMARTS) is 2. The molecule has 4 fully saturated rings. The van der Waals surface area contributed by atoms with Gasteiger partial charge in [0.1, 0.15) is 72.9 Å². The van der Waals surface area contributed by atoms with Crippen LogP contribution in [0.15, 0.2) is 0 Å². The van der Waals surface area contributed by atoms with Crippen LogP contribution in [0.3, 0.4) is 0 Å². The minimum absolute atomic E-state index is 0.0474. The average Bonchev–Trinajstić information content (AvgIpc) is 3.35. The van der Waals surface area contributed by atoms with E-state index in [1.807, 2.05) is 0 Å². The molecule has 0 amide bonds. The lowest BCUT2D eigenvalue weighted by Gasteiger charge is -2.46. The van der Waals surface area contributed by atoms with Crippen LogP contribution >= 0.6 is 11.6 Å². The van der Waals surface area contributed by atoms with Gasteiger partial charge < -0.3 is 60.2 Å². The number of carbonyl (C=O) groups is 4. The number of aliphatic hydroxyl groups excluding tert-OH is 7. The fourth-order valence-corrected chi connectivity index (χ4v) is 11.3. The predicted octanol–water partition coefficient (Wildman–Crippen LogP) is 7.16. The molecule has 4 aliphatic rings. The Morgan fingerprint density at radius 1 is 0.507 bits per heavy atom. The number of unbranched alkanes of at least 4 members (excludes halogenated alkanes) is 14. The number of aliphatic carboxylic acids is 2. The number of carboxylic acids is 2. The van der Waals surface area contributed by atoms with Gasteiger partial charge in [0, 0.05) is 24.7 Å². The molecule has 2 aliphatic heterocycles. The van der Waals surface area contributed by atoms with Crippen LogP contribution in [0.4, 0.5) is 0 Å². The second-order valence-electron chi connectivity index (χ2n) is 21.0. The van der Waals surface area contributed by atoms with E-state index in [4.69, 9.17) is 36.0 Å². The van der Waals surface area contributed by atoms with E-state index in [9.17, 15) is 54.9 Å². The highest BCUT2D eigenvalue weighted by Gasteiger charge is 2.52. The Balaban J connectivity index is 0.000000447. The van der Waals surface area contributed by atoms with Crippen molar-refractivity contribution in [3.63, 3.8) is 0 Å². The zero-order chi connectivity index (χ0) is 52.9. The van der Waals surface area contributed by atoms with Crippen molar-refractivity contribution >= 4 is 35.1 Å². The molecule has 16 unspecified atom stereocenters. The van der Waals surface area contributed by atoms with Crippen LogP contribution in [0.1, 0.15) is 195 Å². The summed E-state index contributed by atoms with van der Waals surface area (Å²) in [6.07, 6.45) is 15.9. The molecule has 16 atom stereocenters. The molecule has 2 heterocycles. The van der Waals surface area contributed by atoms with Crippen molar-refractivity contribution in [1.82, 2.24) is 0 Å². The smallest absolute Gasteiger partial charge is 0.329 e. The van der Waals surface area contributed by atoms with E-state index in [2.05, 4.69) is 27.7 Å². The highest BCUT2D eigenvalue weighted by molar-refractivity contribution is 6.26. The van der Waals surface area contributed by atoms with Crippen molar-refractivity contribution in [2.45, 2.75) is 256 Å². The van der Waals surface area contributed by atoms with Gasteiger partial charge in [-0.25, -0.2) is 4.79 Å². The Morgan fingerprint density at radius 2 is 0.845 bits per heavy atom. The van der Waals surface area contributed by atoms with Gasteiger partial charge in [-0.15, -0.1) is 11.6 Å². The Hall–Kier alpha value is -1.83. The molecule has 0 radical (unpaired) electrons. The summed E-state index contributed by atoms with van der Waals surface area (Å²) in [6, 6.07) is 0.